The molecule has 15 heavy (non-hydrogen) atoms. The van der Waals surface area contributed by atoms with Gasteiger partial charge in [-0.2, -0.15) is 0 Å². The van der Waals surface area contributed by atoms with Gasteiger partial charge in [0.05, 0.1) is 0 Å². The Hall–Kier alpha value is -0.820. The summed E-state index contributed by atoms with van der Waals surface area (Å²) in [6.07, 6.45) is 4.18. The van der Waals surface area contributed by atoms with Gasteiger partial charge in [0.1, 0.15) is 0 Å². The molecule has 1 aromatic rings. The fourth-order valence-electron chi connectivity index (χ4n) is 2.34. The summed E-state index contributed by atoms with van der Waals surface area (Å²) in [4.78, 5) is 2.59. The summed E-state index contributed by atoms with van der Waals surface area (Å²) >= 11 is 0. The fraction of sp³-hybridized carbons (Fsp3) is 0.571. The molecule has 2 rings (SSSR count). The maximum Gasteiger partial charge on any atom is 0.0236 e. The second kappa shape index (κ2) is 4.80. The van der Waals surface area contributed by atoms with Gasteiger partial charge in [0.15, 0.2) is 0 Å². The van der Waals surface area contributed by atoms with E-state index in [2.05, 4.69) is 36.9 Å². The van der Waals surface area contributed by atoms with Gasteiger partial charge in [0.25, 0.3) is 0 Å². The highest BCUT2D eigenvalue weighted by molar-refractivity contribution is 5.32. The van der Waals surface area contributed by atoms with Crippen LogP contribution in [0, 0.1) is 13.8 Å². The number of nitrogens with zero attached hydrogens (tertiary/aromatic N) is 1. The highest BCUT2D eigenvalue weighted by Gasteiger charge is 2.11. The molecule has 0 saturated carbocycles. The molecule has 1 heteroatoms. The van der Waals surface area contributed by atoms with Crippen molar-refractivity contribution >= 4 is 0 Å². The lowest BCUT2D eigenvalue weighted by molar-refractivity contribution is 0.220. The first kappa shape index (κ1) is 10.7. The minimum Gasteiger partial charge on any atom is -0.299 e. The van der Waals surface area contributed by atoms with E-state index in [4.69, 9.17) is 0 Å². The molecule has 0 aliphatic carbocycles. The molecule has 0 aromatic heterocycles. The molecule has 0 atom stereocenters. The number of benzene rings is 1. The Morgan fingerprint density at radius 2 is 1.80 bits per heavy atom. The van der Waals surface area contributed by atoms with Crippen molar-refractivity contribution < 1.29 is 0 Å². The van der Waals surface area contributed by atoms with Crippen LogP contribution < -0.4 is 0 Å². The van der Waals surface area contributed by atoms with Crippen LogP contribution in [0.5, 0.6) is 0 Å². The van der Waals surface area contributed by atoms with Crippen molar-refractivity contribution in [2.24, 2.45) is 0 Å². The van der Waals surface area contributed by atoms with Crippen LogP contribution in [0.3, 0.4) is 0 Å². The molecule has 1 heterocycles. The molecule has 0 N–H and O–H groups in total. The van der Waals surface area contributed by atoms with Gasteiger partial charge < -0.3 is 0 Å². The molecule has 0 bridgehead atoms. The minimum absolute atomic E-state index is 1.15. The van der Waals surface area contributed by atoms with Crippen LogP contribution in [0.15, 0.2) is 18.2 Å². The lowest BCUT2D eigenvalue weighted by Crippen LogP contribution is -2.29. The lowest BCUT2D eigenvalue weighted by Gasteiger charge is -2.27. The summed E-state index contributed by atoms with van der Waals surface area (Å²) in [5.74, 6) is 0. The summed E-state index contributed by atoms with van der Waals surface area (Å²) in [6.45, 7) is 8.16. The summed E-state index contributed by atoms with van der Waals surface area (Å²) in [5.41, 5.74) is 4.41. The zero-order valence-electron chi connectivity index (χ0n) is 9.92. The molecule has 1 nitrogen and oxygen atoms in total. The topological polar surface area (TPSA) is 3.24 Å². The number of hydrogen-bond donors (Lipinski definition) is 0. The van der Waals surface area contributed by atoms with Crippen molar-refractivity contribution in [1.29, 1.82) is 0 Å². The molecule has 1 saturated heterocycles. The van der Waals surface area contributed by atoms with Crippen molar-refractivity contribution in [3.8, 4) is 0 Å². The third kappa shape index (κ3) is 2.60. The highest BCUT2D eigenvalue weighted by atomic mass is 15.1. The van der Waals surface area contributed by atoms with Crippen molar-refractivity contribution in [3.63, 3.8) is 0 Å². The summed E-state index contributed by atoms with van der Waals surface area (Å²) in [6, 6.07) is 6.66. The SMILES string of the molecule is Cc1cccc(CN2CCCCC2)c1C. The van der Waals surface area contributed by atoms with Crippen molar-refractivity contribution in [2.45, 2.75) is 39.7 Å². The van der Waals surface area contributed by atoms with Crippen LogP contribution in [0.2, 0.25) is 0 Å². The van der Waals surface area contributed by atoms with Crippen LogP contribution in [0.4, 0.5) is 0 Å². The first-order chi connectivity index (χ1) is 7.27. The number of piperidine rings is 1. The molecule has 1 aromatic carbocycles. The Bertz CT molecular complexity index is 324. The van der Waals surface area contributed by atoms with Gasteiger partial charge in [0, 0.05) is 6.54 Å². The van der Waals surface area contributed by atoms with E-state index in [-0.39, 0.29) is 0 Å². The Morgan fingerprint density at radius 1 is 1.07 bits per heavy atom. The minimum atomic E-state index is 1.15. The maximum absolute atomic E-state index is 2.59. The normalized spacial score (nSPS) is 18.0. The van der Waals surface area contributed by atoms with E-state index in [1.54, 1.807) is 0 Å². The molecule has 0 unspecified atom stereocenters. The zero-order valence-corrected chi connectivity index (χ0v) is 9.92. The maximum atomic E-state index is 2.59. The molecule has 0 radical (unpaired) electrons. The average Bonchev–Trinajstić information content (AvgIpc) is 2.26. The lowest BCUT2D eigenvalue weighted by atomic mass is 10.0. The first-order valence-electron chi connectivity index (χ1n) is 6.05. The third-order valence-electron chi connectivity index (χ3n) is 3.56. The third-order valence-corrected chi connectivity index (χ3v) is 3.56. The fourth-order valence-corrected chi connectivity index (χ4v) is 2.34. The smallest absolute Gasteiger partial charge is 0.0236 e. The van der Waals surface area contributed by atoms with E-state index in [0.29, 0.717) is 0 Å². The monoisotopic (exact) mass is 203 g/mol. The van der Waals surface area contributed by atoms with E-state index in [1.165, 1.54) is 49.0 Å². The molecule has 1 fully saturated rings. The Kier molecular flexibility index (Phi) is 3.42. The summed E-state index contributed by atoms with van der Waals surface area (Å²) in [5, 5.41) is 0. The van der Waals surface area contributed by atoms with E-state index in [9.17, 15) is 0 Å². The van der Waals surface area contributed by atoms with Gasteiger partial charge in [-0.1, -0.05) is 24.6 Å². The molecular weight excluding hydrogens is 182 g/mol. The van der Waals surface area contributed by atoms with E-state index in [1.807, 2.05) is 0 Å². The molecule has 0 amide bonds. The van der Waals surface area contributed by atoms with Gasteiger partial charge in [-0.25, -0.2) is 0 Å². The molecule has 82 valence electrons. The number of rotatable bonds is 2. The standard InChI is InChI=1S/C14H21N/c1-12-7-6-8-14(13(12)2)11-15-9-4-3-5-10-15/h6-8H,3-5,9-11H2,1-2H3. The molecule has 1 aliphatic rings. The van der Waals surface area contributed by atoms with Gasteiger partial charge in [0.2, 0.25) is 0 Å². The van der Waals surface area contributed by atoms with Crippen LogP contribution in [-0.2, 0) is 6.54 Å². The zero-order chi connectivity index (χ0) is 10.7. The second-order valence-corrected chi connectivity index (χ2v) is 4.70. The van der Waals surface area contributed by atoms with Crippen LogP contribution >= 0.6 is 0 Å². The number of likely N-dealkylation sites (tertiary alicyclic amines) is 1. The van der Waals surface area contributed by atoms with Crippen molar-refractivity contribution in [1.82, 2.24) is 4.90 Å². The van der Waals surface area contributed by atoms with E-state index in [0.717, 1.165) is 6.54 Å². The Morgan fingerprint density at radius 3 is 2.53 bits per heavy atom. The van der Waals surface area contributed by atoms with Crippen molar-refractivity contribution in [2.75, 3.05) is 13.1 Å². The molecular formula is C14H21N. The van der Waals surface area contributed by atoms with Crippen LogP contribution in [0.25, 0.3) is 0 Å². The van der Waals surface area contributed by atoms with Gasteiger partial charge in [-0.05, 0) is 56.5 Å². The highest BCUT2D eigenvalue weighted by Crippen LogP contribution is 2.17. The first-order valence-corrected chi connectivity index (χ1v) is 6.05. The van der Waals surface area contributed by atoms with Gasteiger partial charge in [-0.15, -0.1) is 0 Å². The Labute approximate surface area is 93.1 Å². The van der Waals surface area contributed by atoms with Crippen LogP contribution in [-0.4, -0.2) is 18.0 Å². The number of aryl methyl sites for hydroxylation is 1. The van der Waals surface area contributed by atoms with Crippen molar-refractivity contribution in [3.05, 3.63) is 34.9 Å². The van der Waals surface area contributed by atoms with E-state index >= 15 is 0 Å². The van der Waals surface area contributed by atoms with E-state index < -0.39 is 0 Å². The average molecular weight is 203 g/mol. The summed E-state index contributed by atoms with van der Waals surface area (Å²) < 4.78 is 0. The Balaban J connectivity index is 2.06. The van der Waals surface area contributed by atoms with Gasteiger partial charge in [-0.3, -0.25) is 4.90 Å². The summed E-state index contributed by atoms with van der Waals surface area (Å²) in [7, 11) is 0. The quantitative estimate of drug-likeness (QED) is 0.713. The predicted octanol–water partition coefficient (Wildman–Crippen LogP) is 3.29. The molecule has 0 spiro atoms. The second-order valence-electron chi connectivity index (χ2n) is 4.70. The number of hydrogen-bond acceptors (Lipinski definition) is 1. The predicted molar refractivity (Wildman–Crippen MR) is 65.0 cm³/mol. The van der Waals surface area contributed by atoms with Gasteiger partial charge >= 0.3 is 0 Å². The largest absolute Gasteiger partial charge is 0.299 e. The molecule has 1 aliphatic heterocycles. The van der Waals surface area contributed by atoms with Crippen LogP contribution in [0.1, 0.15) is 36.0 Å².